The number of rotatable bonds is 3. The normalized spacial score (nSPS) is 18.0. The molecule has 0 aromatic heterocycles. The fourth-order valence-corrected chi connectivity index (χ4v) is 5.72. The van der Waals surface area contributed by atoms with Crippen LogP contribution in [-0.2, 0) is 6.42 Å². The van der Waals surface area contributed by atoms with E-state index in [0.717, 1.165) is 31.9 Å². The van der Waals surface area contributed by atoms with Gasteiger partial charge in [0.1, 0.15) is 5.75 Å². The van der Waals surface area contributed by atoms with Gasteiger partial charge in [0, 0.05) is 31.9 Å². The van der Waals surface area contributed by atoms with Crippen LogP contribution < -0.4 is 14.5 Å². The minimum absolute atomic E-state index is 0.961. The highest BCUT2D eigenvalue weighted by atomic mass is 16.5. The lowest BCUT2D eigenvalue weighted by atomic mass is 9.79. The third-order valence-corrected chi connectivity index (χ3v) is 7.43. The lowest BCUT2D eigenvalue weighted by Gasteiger charge is -2.38. The molecule has 0 spiro atoms. The molecule has 0 saturated carbocycles. The van der Waals surface area contributed by atoms with Crippen molar-refractivity contribution in [3.05, 3.63) is 83.4 Å². The van der Waals surface area contributed by atoms with Crippen LogP contribution in [0.25, 0.3) is 16.3 Å². The second kappa shape index (κ2) is 8.05. The molecule has 3 aromatic rings. The Morgan fingerprint density at radius 1 is 0.812 bits per heavy atom. The van der Waals surface area contributed by atoms with Crippen LogP contribution in [0.1, 0.15) is 30.4 Å². The Kier molecular flexibility index (Phi) is 4.90. The number of aryl methyl sites for hydroxylation is 1. The van der Waals surface area contributed by atoms with Gasteiger partial charge in [0.05, 0.1) is 12.8 Å². The summed E-state index contributed by atoms with van der Waals surface area (Å²) in [6.45, 7) is 4.06. The van der Waals surface area contributed by atoms with Gasteiger partial charge in [0.15, 0.2) is 0 Å². The van der Waals surface area contributed by atoms with Crippen molar-refractivity contribution >= 4 is 27.7 Å². The first-order valence-corrected chi connectivity index (χ1v) is 11.9. The molecule has 1 fully saturated rings. The van der Waals surface area contributed by atoms with Crippen molar-refractivity contribution < 1.29 is 4.74 Å². The van der Waals surface area contributed by atoms with Crippen LogP contribution in [0.4, 0.5) is 11.4 Å². The van der Waals surface area contributed by atoms with Crippen LogP contribution in [0.5, 0.6) is 5.75 Å². The highest BCUT2D eigenvalue weighted by Crippen LogP contribution is 2.40. The largest absolute Gasteiger partial charge is 0.495 e. The Morgan fingerprint density at radius 3 is 2.53 bits per heavy atom. The van der Waals surface area contributed by atoms with Crippen molar-refractivity contribution in [2.75, 3.05) is 43.1 Å². The summed E-state index contributed by atoms with van der Waals surface area (Å²) in [6, 6.07) is 20.1. The number of methoxy groups -OCH3 is 1. The lowest BCUT2D eigenvalue weighted by Crippen LogP contribution is -2.46. The third-order valence-electron chi connectivity index (χ3n) is 7.43. The van der Waals surface area contributed by atoms with Crippen molar-refractivity contribution in [1.29, 1.82) is 0 Å². The molecule has 0 atom stereocenters. The number of hydrogen-bond donors (Lipinski definition) is 0. The van der Waals surface area contributed by atoms with Gasteiger partial charge in [-0.15, -0.1) is 0 Å². The molecular weight excluding hydrogens is 392 g/mol. The number of fused-ring (bicyclic) bond motifs is 4. The standard InChI is InChI=1S/C29H30N2O/c1-32-29-9-5-4-8-28(29)31-18-16-30(17-19-31)23-12-15-25-22(20-23)11-14-26-24-7-3-2-6-21(24)10-13-27(25)26/h3-5,7-9,11-12,14-15,20H,2,6,10,13,16-19H2,1H3. The molecule has 0 amide bonds. The lowest BCUT2D eigenvalue weighted by molar-refractivity contribution is 0.413. The molecule has 3 aliphatic rings. The summed E-state index contributed by atoms with van der Waals surface area (Å²) >= 11 is 0. The molecule has 3 aromatic carbocycles. The van der Waals surface area contributed by atoms with E-state index in [2.05, 4.69) is 64.4 Å². The maximum absolute atomic E-state index is 5.57. The quantitative estimate of drug-likeness (QED) is 0.498. The van der Waals surface area contributed by atoms with E-state index >= 15 is 0 Å². The monoisotopic (exact) mass is 422 g/mol. The number of allylic oxidation sites excluding steroid dienone is 4. The topological polar surface area (TPSA) is 15.7 Å². The van der Waals surface area contributed by atoms with E-state index in [9.17, 15) is 0 Å². The van der Waals surface area contributed by atoms with Crippen molar-refractivity contribution in [3.63, 3.8) is 0 Å². The zero-order valence-corrected chi connectivity index (χ0v) is 18.8. The second-order valence-corrected chi connectivity index (χ2v) is 9.10. The smallest absolute Gasteiger partial charge is 0.142 e. The van der Waals surface area contributed by atoms with Crippen molar-refractivity contribution in [2.24, 2.45) is 0 Å². The Bertz CT molecular complexity index is 1230. The van der Waals surface area contributed by atoms with E-state index in [1.165, 1.54) is 59.0 Å². The molecule has 3 heteroatoms. The molecule has 162 valence electrons. The van der Waals surface area contributed by atoms with Gasteiger partial charge in [-0.25, -0.2) is 0 Å². The van der Waals surface area contributed by atoms with Crippen LogP contribution in [0.2, 0.25) is 0 Å². The Morgan fingerprint density at radius 2 is 1.66 bits per heavy atom. The summed E-state index contributed by atoms with van der Waals surface area (Å²) in [7, 11) is 1.75. The van der Waals surface area contributed by atoms with Gasteiger partial charge >= 0.3 is 0 Å². The molecule has 0 radical (unpaired) electrons. The molecule has 0 N–H and O–H groups in total. The van der Waals surface area contributed by atoms with Gasteiger partial charge in [0.2, 0.25) is 0 Å². The van der Waals surface area contributed by atoms with Gasteiger partial charge in [-0.3, -0.25) is 0 Å². The fourth-order valence-electron chi connectivity index (χ4n) is 5.72. The number of anilines is 2. The van der Waals surface area contributed by atoms with Gasteiger partial charge in [-0.05, 0) is 77.4 Å². The Balaban J connectivity index is 1.25. The Labute approximate surface area is 190 Å². The van der Waals surface area contributed by atoms with E-state index in [0.29, 0.717) is 0 Å². The average molecular weight is 423 g/mol. The van der Waals surface area contributed by atoms with Gasteiger partial charge in [0.25, 0.3) is 0 Å². The van der Waals surface area contributed by atoms with Crippen molar-refractivity contribution in [1.82, 2.24) is 0 Å². The number of hydrogen-bond acceptors (Lipinski definition) is 3. The van der Waals surface area contributed by atoms with E-state index in [-0.39, 0.29) is 0 Å². The zero-order valence-electron chi connectivity index (χ0n) is 18.8. The van der Waals surface area contributed by atoms with Crippen LogP contribution in [0.15, 0.2) is 72.3 Å². The van der Waals surface area contributed by atoms with Gasteiger partial charge in [-0.1, -0.05) is 48.1 Å². The summed E-state index contributed by atoms with van der Waals surface area (Å²) < 4.78 is 5.57. The predicted octanol–water partition coefficient (Wildman–Crippen LogP) is 6.22. The summed E-state index contributed by atoms with van der Waals surface area (Å²) in [4.78, 5) is 4.96. The van der Waals surface area contributed by atoms with Gasteiger partial charge < -0.3 is 14.5 Å². The first-order valence-electron chi connectivity index (χ1n) is 11.9. The summed E-state index contributed by atoms with van der Waals surface area (Å²) in [5.41, 5.74) is 8.70. The molecule has 1 saturated heterocycles. The third kappa shape index (κ3) is 3.28. The highest BCUT2D eigenvalue weighted by Gasteiger charge is 2.22. The number of benzene rings is 3. The maximum Gasteiger partial charge on any atom is 0.142 e. The van der Waals surface area contributed by atoms with Crippen molar-refractivity contribution in [2.45, 2.75) is 25.7 Å². The second-order valence-electron chi connectivity index (χ2n) is 9.10. The molecule has 32 heavy (non-hydrogen) atoms. The molecule has 2 aliphatic carbocycles. The number of nitrogens with zero attached hydrogens (tertiary/aromatic N) is 2. The van der Waals surface area contributed by atoms with Gasteiger partial charge in [-0.2, -0.15) is 0 Å². The SMILES string of the molecule is COc1ccccc1N1CCN(c2ccc3c4c(ccc3c2)C2=C(CCC=C2)CC4)CC1. The van der Waals surface area contributed by atoms with Crippen molar-refractivity contribution in [3.8, 4) is 5.75 Å². The minimum atomic E-state index is 0.961. The predicted molar refractivity (Wildman–Crippen MR) is 135 cm³/mol. The number of ether oxygens (including phenoxy) is 1. The summed E-state index contributed by atoms with van der Waals surface area (Å²) in [5.74, 6) is 0.961. The highest BCUT2D eigenvalue weighted by molar-refractivity contribution is 5.95. The number of para-hydroxylation sites is 2. The fraction of sp³-hybridized carbons (Fsp3) is 0.310. The average Bonchev–Trinajstić information content (AvgIpc) is 2.88. The molecule has 1 aliphatic heterocycles. The first kappa shape index (κ1) is 19.5. The Hall–Kier alpha value is -3.20. The molecule has 6 rings (SSSR count). The first-order chi connectivity index (χ1) is 15.8. The molecule has 3 nitrogen and oxygen atoms in total. The maximum atomic E-state index is 5.57. The summed E-state index contributed by atoms with van der Waals surface area (Å²) in [6.07, 6.45) is 9.54. The van der Waals surface area contributed by atoms with E-state index in [1.54, 1.807) is 18.2 Å². The molecule has 0 unspecified atom stereocenters. The van der Waals surface area contributed by atoms with E-state index in [1.807, 2.05) is 12.1 Å². The van der Waals surface area contributed by atoms with Crippen LogP contribution in [0, 0.1) is 0 Å². The summed E-state index contributed by atoms with van der Waals surface area (Å²) in [5, 5.41) is 2.81. The number of piperazine rings is 1. The molecule has 0 bridgehead atoms. The molecular formula is C29H30N2O. The minimum Gasteiger partial charge on any atom is -0.495 e. The molecule has 1 heterocycles. The van der Waals surface area contributed by atoms with E-state index in [4.69, 9.17) is 4.74 Å². The van der Waals surface area contributed by atoms with Crippen LogP contribution in [-0.4, -0.2) is 33.3 Å². The van der Waals surface area contributed by atoms with Crippen LogP contribution in [0.3, 0.4) is 0 Å². The van der Waals surface area contributed by atoms with E-state index < -0.39 is 0 Å². The van der Waals surface area contributed by atoms with Crippen LogP contribution >= 0.6 is 0 Å². The zero-order chi connectivity index (χ0) is 21.5.